The van der Waals surface area contributed by atoms with Gasteiger partial charge in [-0.2, -0.15) is 4.31 Å². The first-order chi connectivity index (χ1) is 13.5. The van der Waals surface area contributed by atoms with Crippen LogP contribution in [-0.2, 0) is 31.3 Å². The summed E-state index contributed by atoms with van der Waals surface area (Å²) in [5.74, 6) is -0.864. The lowest BCUT2D eigenvalue weighted by Gasteiger charge is -2.34. The van der Waals surface area contributed by atoms with Gasteiger partial charge < -0.3 is 4.90 Å². The predicted molar refractivity (Wildman–Crippen MR) is 106 cm³/mol. The molecule has 0 unspecified atom stereocenters. The van der Waals surface area contributed by atoms with Gasteiger partial charge in [-0.25, -0.2) is 26.2 Å². The van der Waals surface area contributed by atoms with E-state index >= 15 is 0 Å². The minimum Gasteiger partial charge on any atom is -0.340 e. The summed E-state index contributed by atoms with van der Waals surface area (Å²) >= 11 is 1.08. The molecule has 1 aliphatic rings. The molecule has 0 spiro atoms. The van der Waals surface area contributed by atoms with Crippen molar-refractivity contribution in [2.75, 3.05) is 37.2 Å². The summed E-state index contributed by atoms with van der Waals surface area (Å²) in [6.07, 6.45) is 0.995. The number of nitrogens with one attached hydrogen (secondary N) is 1. The maximum Gasteiger partial charge on any atom is 0.243 e. The zero-order chi connectivity index (χ0) is 21.2. The Labute approximate surface area is 172 Å². The number of aromatic nitrogens is 1. The van der Waals surface area contributed by atoms with Crippen LogP contribution in [0.5, 0.6) is 0 Å². The quantitative estimate of drug-likeness (QED) is 0.677. The molecular weight excluding hydrogens is 443 g/mol. The van der Waals surface area contributed by atoms with E-state index in [1.807, 2.05) is 0 Å². The molecule has 2 aromatic rings. The Bertz CT molecular complexity index is 1110. The first kappa shape index (κ1) is 21.6. The Balaban J connectivity index is 1.58. The summed E-state index contributed by atoms with van der Waals surface area (Å²) in [4.78, 5) is 17.9. The van der Waals surface area contributed by atoms with E-state index in [0.29, 0.717) is 5.69 Å². The molecule has 13 heteroatoms. The van der Waals surface area contributed by atoms with E-state index in [1.165, 1.54) is 27.4 Å². The number of piperazine rings is 1. The third-order valence-corrected chi connectivity index (χ3v) is 7.58. The van der Waals surface area contributed by atoms with Crippen LogP contribution in [-0.4, -0.2) is 69.4 Å². The third-order valence-electron chi connectivity index (χ3n) is 4.18. The second kappa shape index (κ2) is 8.34. The van der Waals surface area contributed by atoms with Gasteiger partial charge in [0.15, 0.2) is 5.13 Å². The molecule has 2 heterocycles. The summed E-state index contributed by atoms with van der Waals surface area (Å²) < 4.78 is 64.5. The highest BCUT2D eigenvalue weighted by Gasteiger charge is 2.30. The van der Waals surface area contributed by atoms with Gasteiger partial charge in [0.05, 0.1) is 23.3 Å². The van der Waals surface area contributed by atoms with Crippen molar-refractivity contribution >= 4 is 42.4 Å². The number of nitrogens with zero attached hydrogens (tertiary/aromatic N) is 3. The van der Waals surface area contributed by atoms with Crippen molar-refractivity contribution in [2.24, 2.45) is 0 Å². The topological polar surface area (TPSA) is 117 Å². The summed E-state index contributed by atoms with van der Waals surface area (Å²) in [5.41, 5.74) is 0.431. The molecule has 0 radical (unpaired) electrons. The van der Waals surface area contributed by atoms with Gasteiger partial charge in [-0.1, -0.05) is 6.07 Å². The SMILES string of the molecule is CS(=O)(=O)Nc1nc(CC(=O)N2CCN(S(=O)(=O)c3cccc(F)c3)CC2)cs1. The van der Waals surface area contributed by atoms with Crippen LogP contribution in [0.25, 0.3) is 0 Å². The second-order valence-corrected chi connectivity index (χ2v) is 11.0. The van der Waals surface area contributed by atoms with E-state index in [2.05, 4.69) is 9.71 Å². The number of thiazole rings is 1. The number of carbonyl (C=O) groups is 1. The Morgan fingerprint density at radius 1 is 1.21 bits per heavy atom. The molecule has 9 nitrogen and oxygen atoms in total. The fraction of sp³-hybridized carbons (Fsp3) is 0.375. The smallest absolute Gasteiger partial charge is 0.243 e. The van der Waals surface area contributed by atoms with Crippen LogP contribution in [0.15, 0.2) is 34.5 Å². The van der Waals surface area contributed by atoms with E-state index in [9.17, 15) is 26.0 Å². The molecule has 1 aromatic carbocycles. The van der Waals surface area contributed by atoms with Crippen molar-refractivity contribution in [1.29, 1.82) is 0 Å². The number of carbonyl (C=O) groups excluding carboxylic acids is 1. The standard InChI is InChI=1S/C16H19FN4O5S3/c1-28(23,24)19-16-18-13(11-27-16)10-15(22)20-5-7-21(8-6-20)29(25,26)14-4-2-3-12(17)9-14/h2-4,9,11H,5-8,10H2,1H3,(H,18,19). The van der Waals surface area contributed by atoms with E-state index in [4.69, 9.17) is 0 Å². The Hall–Kier alpha value is -2.09. The highest BCUT2D eigenvalue weighted by Crippen LogP contribution is 2.20. The number of halogens is 1. The van der Waals surface area contributed by atoms with Gasteiger partial charge in [0.2, 0.25) is 26.0 Å². The minimum absolute atomic E-state index is 0.0153. The zero-order valence-corrected chi connectivity index (χ0v) is 17.9. The number of sulfonamides is 2. The van der Waals surface area contributed by atoms with Crippen molar-refractivity contribution in [1.82, 2.24) is 14.2 Å². The molecule has 1 aromatic heterocycles. The Kier molecular flexibility index (Phi) is 6.22. The second-order valence-electron chi connectivity index (χ2n) is 6.44. The van der Waals surface area contributed by atoms with Crippen LogP contribution in [0, 0.1) is 5.82 Å². The Morgan fingerprint density at radius 3 is 2.52 bits per heavy atom. The predicted octanol–water partition coefficient (Wildman–Crippen LogP) is 0.729. The average molecular weight is 463 g/mol. The number of anilines is 1. The largest absolute Gasteiger partial charge is 0.340 e. The normalized spacial score (nSPS) is 16.0. The number of hydrogen-bond acceptors (Lipinski definition) is 7. The molecule has 1 aliphatic heterocycles. The molecule has 1 fully saturated rings. The van der Waals surface area contributed by atoms with Gasteiger partial charge >= 0.3 is 0 Å². The number of amides is 1. The summed E-state index contributed by atoms with van der Waals surface area (Å²) in [7, 11) is -7.27. The van der Waals surface area contributed by atoms with Crippen molar-refractivity contribution in [3.05, 3.63) is 41.2 Å². The lowest BCUT2D eigenvalue weighted by atomic mass is 10.2. The monoisotopic (exact) mass is 462 g/mol. The molecule has 29 heavy (non-hydrogen) atoms. The summed E-state index contributed by atoms with van der Waals surface area (Å²) in [6, 6.07) is 4.81. The molecular formula is C16H19FN4O5S3. The fourth-order valence-corrected chi connectivity index (χ4v) is 5.83. The zero-order valence-electron chi connectivity index (χ0n) is 15.4. The minimum atomic E-state index is -3.83. The van der Waals surface area contributed by atoms with Crippen LogP contribution < -0.4 is 4.72 Å². The molecule has 0 bridgehead atoms. The van der Waals surface area contributed by atoms with Crippen LogP contribution in [0.2, 0.25) is 0 Å². The van der Waals surface area contributed by atoms with E-state index in [-0.39, 0.29) is 48.5 Å². The van der Waals surface area contributed by atoms with Crippen LogP contribution in [0.3, 0.4) is 0 Å². The molecule has 1 saturated heterocycles. The Morgan fingerprint density at radius 2 is 1.90 bits per heavy atom. The fourth-order valence-electron chi connectivity index (χ4n) is 2.81. The molecule has 1 N–H and O–H groups in total. The van der Waals surface area contributed by atoms with Crippen molar-refractivity contribution in [3.63, 3.8) is 0 Å². The van der Waals surface area contributed by atoms with Gasteiger partial charge in [0, 0.05) is 31.6 Å². The van der Waals surface area contributed by atoms with Gasteiger partial charge in [-0.3, -0.25) is 9.52 Å². The molecule has 0 atom stereocenters. The van der Waals surface area contributed by atoms with E-state index in [0.717, 1.165) is 23.7 Å². The highest BCUT2D eigenvalue weighted by atomic mass is 32.2. The molecule has 1 amide bonds. The molecule has 158 valence electrons. The maximum absolute atomic E-state index is 13.4. The van der Waals surface area contributed by atoms with E-state index in [1.54, 1.807) is 5.38 Å². The van der Waals surface area contributed by atoms with Crippen molar-refractivity contribution < 1.29 is 26.0 Å². The third kappa shape index (κ3) is 5.50. The van der Waals surface area contributed by atoms with Crippen molar-refractivity contribution in [3.8, 4) is 0 Å². The number of benzene rings is 1. The molecule has 0 aliphatic carbocycles. The van der Waals surface area contributed by atoms with Crippen molar-refractivity contribution in [2.45, 2.75) is 11.3 Å². The molecule has 3 rings (SSSR count). The van der Waals surface area contributed by atoms with Gasteiger partial charge in [-0.15, -0.1) is 11.3 Å². The number of rotatable bonds is 6. The maximum atomic E-state index is 13.4. The van der Waals surface area contributed by atoms with Crippen LogP contribution in [0.1, 0.15) is 5.69 Å². The first-order valence-corrected chi connectivity index (χ1v) is 12.7. The number of hydrogen-bond donors (Lipinski definition) is 1. The average Bonchev–Trinajstić information content (AvgIpc) is 3.06. The lowest BCUT2D eigenvalue weighted by molar-refractivity contribution is -0.131. The van der Waals surface area contributed by atoms with E-state index < -0.39 is 25.9 Å². The molecule has 0 saturated carbocycles. The van der Waals surface area contributed by atoms with Gasteiger partial charge in [-0.05, 0) is 18.2 Å². The van der Waals surface area contributed by atoms with Crippen LogP contribution in [0.4, 0.5) is 9.52 Å². The summed E-state index contributed by atoms with van der Waals surface area (Å²) in [5, 5.41) is 1.78. The lowest BCUT2D eigenvalue weighted by Crippen LogP contribution is -2.50. The highest BCUT2D eigenvalue weighted by molar-refractivity contribution is 7.92. The summed E-state index contributed by atoms with van der Waals surface area (Å²) in [6.45, 7) is 0.600. The van der Waals surface area contributed by atoms with Gasteiger partial charge in [0.1, 0.15) is 5.82 Å². The van der Waals surface area contributed by atoms with Gasteiger partial charge in [0.25, 0.3) is 0 Å². The first-order valence-electron chi connectivity index (χ1n) is 8.50. The van der Waals surface area contributed by atoms with Crippen LogP contribution >= 0.6 is 11.3 Å².